The van der Waals surface area contributed by atoms with Gasteiger partial charge in [0, 0.05) is 30.5 Å². The van der Waals surface area contributed by atoms with Gasteiger partial charge >= 0.3 is 5.97 Å². The number of carbonyl (C=O) groups is 3. The van der Waals surface area contributed by atoms with Crippen molar-refractivity contribution < 1.29 is 32.3 Å². The zero-order valence-corrected chi connectivity index (χ0v) is 21.3. The van der Waals surface area contributed by atoms with Crippen LogP contribution in [0.4, 0.5) is 0 Å². The second-order valence-corrected chi connectivity index (χ2v) is 10.7. The number of hydrogen-bond donors (Lipinski definition) is 2. The smallest absolute Gasteiger partial charge is 0.308 e. The first-order chi connectivity index (χ1) is 17.2. The molecule has 1 saturated carbocycles. The third kappa shape index (κ3) is 7.81. The molecule has 0 spiro atoms. The van der Waals surface area contributed by atoms with Crippen LogP contribution in [-0.4, -0.2) is 58.3 Å². The Balaban J connectivity index is 1.38. The summed E-state index contributed by atoms with van der Waals surface area (Å²) in [6.45, 7) is 2.65. The molecular formula is C26H32N2O7S. The molecule has 0 unspecified atom stereocenters. The van der Waals surface area contributed by atoms with Crippen molar-refractivity contribution in [3.63, 3.8) is 0 Å². The summed E-state index contributed by atoms with van der Waals surface area (Å²) in [6.07, 6.45) is 4.17. The Morgan fingerprint density at radius 1 is 0.833 bits per heavy atom. The molecular weight excluding hydrogens is 484 g/mol. The highest BCUT2D eigenvalue weighted by Gasteiger charge is 2.28. The van der Waals surface area contributed by atoms with Gasteiger partial charge in [-0.25, -0.2) is 8.42 Å². The topological polar surface area (TPSA) is 128 Å². The minimum Gasteiger partial charge on any atom is -0.490 e. The van der Waals surface area contributed by atoms with E-state index in [0.717, 1.165) is 31.9 Å². The number of nitrogens with one attached hydrogen (secondary N) is 2. The monoisotopic (exact) mass is 516 g/mol. The van der Waals surface area contributed by atoms with Crippen LogP contribution < -0.4 is 15.4 Å². The van der Waals surface area contributed by atoms with Crippen molar-refractivity contribution in [2.45, 2.75) is 43.6 Å². The number of carbonyl (C=O) groups excluding carboxylic acids is 3. The first-order valence-electron chi connectivity index (χ1n) is 12.0. The lowest BCUT2D eigenvalue weighted by molar-refractivity contribution is -0.149. The highest BCUT2D eigenvalue weighted by molar-refractivity contribution is 7.90. The zero-order chi connectivity index (χ0) is 26.1. The van der Waals surface area contributed by atoms with Crippen LogP contribution in [0.5, 0.6) is 5.75 Å². The minimum absolute atomic E-state index is 0.0292. The lowest BCUT2D eigenvalue weighted by atomic mass is 9.87. The maximum Gasteiger partial charge on any atom is 0.308 e. The van der Waals surface area contributed by atoms with Crippen molar-refractivity contribution in [1.82, 2.24) is 10.6 Å². The maximum absolute atomic E-state index is 12.4. The van der Waals surface area contributed by atoms with Gasteiger partial charge in [-0.2, -0.15) is 0 Å². The minimum atomic E-state index is -3.32. The number of benzene rings is 2. The molecule has 2 N–H and O–H groups in total. The molecule has 9 nitrogen and oxygen atoms in total. The zero-order valence-electron chi connectivity index (χ0n) is 20.5. The number of ether oxygens (including phenoxy) is 2. The average Bonchev–Trinajstić information content (AvgIpc) is 2.87. The van der Waals surface area contributed by atoms with Gasteiger partial charge in [0.15, 0.2) is 9.84 Å². The summed E-state index contributed by atoms with van der Waals surface area (Å²) in [5, 5.41) is 5.43. The van der Waals surface area contributed by atoms with E-state index in [4.69, 9.17) is 9.47 Å². The molecule has 3 rings (SSSR count). The predicted molar refractivity (Wildman–Crippen MR) is 134 cm³/mol. The summed E-state index contributed by atoms with van der Waals surface area (Å²) in [5.41, 5.74) is 0.801. The van der Waals surface area contributed by atoms with Crippen LogP contribution in [0.25, 0.3) is 0 Å². The quantitative estimate of drug-likeness (QED) is 0.367. The molecule has 0 aromatic heterocycles. The molecule has 2 aromatic carbocycles. The fourth-order valence-corrected chi connectivity index (χ4v) is 4.59. The van der Waals surface area contributed by atoms with Crippen molar-refractivity contribution in [3.05, 3.63) is 59.7 Å². The number of hydrogen-bond acceptors (Lipinski definition) is 7. The maximum atomic E-state index is 12.4. The average molecular weight is 517 g/mol. The lowest BCUT2D eigenvalue weighted by Gasteiger charge is -2.27. The third-order valence-corrected chi connectivity index (χ3v) is 7.08. The standard InChI is InChI=1S/C26H32N2O7S/c1-3-34-26(31)20-6-12-22(13-7-20)35-21-10-4-18(5-11-21)24(29)27-16-17-28-25(30)19-8-14-23(15-9-19)36(2,32)33/h4-5,8-11,14-15,20,22H,3,6-7,12-13,16-17H2,1-2H3,(H,27,29)(H,28,30)/t20-,22+. The normalized spacial score (nSPS) is 17.6. The summed E-state index contributed by atoms with van der Waals surface area (Å²) >= 11 is 0. The lowest BCUT2D eigenvalue weighted by Crippen LogP contribution is -2.34. The highest BCUT2D eigenvalue weighted by Crippen LogP contribution is 2.28. The van der Waals surface area contributed by atoms with Gasteiger partial charge in [-0.05, 0) is 81.1 Å². The van der Waals surface area contributed by atoms with E-state index in [1.54, 1.807) is 31.2 Å². The SMILES string of the molecule is CCOC(=O)[C@H]1CC[C@@H](Oc2ccc(C(=O)NCCNC(=O)c3ccc(S(C)(=O)=O)cc3)cc2)CC1. The number of amides is 2. The van der Waals surface area contributed by atoms with E-state index in [2.05, 4.69) is 10.6 Å². The Hall–Kier alpha value is -3.40. The Morgan fingerprint density at radius 3 is 1.81 bits per heavy atom. The fourth-order valence-electron chi connectivity index (χ4n) is 3.96. The van der Waals surface area contributed by atoms with Crippen LogP contribution in [0.3, 0.4) is 0 Å². The summed E-state index contributed by atoms with van der Waals surface area (Å²) in [5.74, 6) is -0.152. The molecule has 36 heavy (non-hydrogen) atoms. The Bertz CT molecular complexity index is 1150. The van der Waals surface area contributed by atoms with Crippen LogP contribution in [0.1, 0.15) is 53.3 Å². The third-order valence-electron chi connectivity index (χ3n) is 5.95. The van der Waals surface area contributed by atoms with Gasteiger partial charge in [0.1, 0.15) is 5.75 Å². The van der Waals surface area contributed by atoms with Gasteiger partial charge in [-0.3, -0.25) is 14.4 Å². The molecule has 1 fully saturated rings. The van der Waals surface area contributed by atoms with Gasteiger partial charge < -0.3 is 20.1 Å². The number of esters is 1. The van der Waals surface area contributed by atoms with E-state index in [-0.39, 0.29) is 47.8 Å². The highest BCUT2D eigenvalue weighted by atomic mass is 32.2. The summed E-state index contributed by atoms with van der Waals surface area (Å²) < 4.78 is 34.1. The molecule has 1 aliphatic rings. The Morgan fingerprint density at radius 2 is 1.33 bits per heavy atom. The summed E-state index contributed by atoms with van der Waals surface area (Å²) in [6, 6.07) is 12.5. The van der Waals surface area contributed by atoms with Gasteiger partial charge in [-0.1, -0.05) is 0 Å². The second kappa shape index (κ2) is 12.5. The fraction of sp³-hybridized carbons (Fsp3) is 0.423. The van der Waals surface area contributed by atoms with Crippen molar-refractivity contribution in [3.8, 4) is 5.75 Å². The van der Waals surface area contributed by atoms with Gasteiger partial charge in [0.2, 0.25) is 0 Å². The van der Waals surface area contributed by atoms with Crippen molar-refractivity contribution in [2.75, 3.05) is 26.0 Å². The molecule has 0 saturated heterocycles. The van der Waals surface area contributed by atoms with Crippen LogP contribution in [0.15, 0.2) is 53.4 Å². The number of sulfone groups is 1. The molecule has 0 radical (unpaired) electrons. The van der Waals surface area contributed by atoms with E-state index in [1.807, 2.05) is 0 Å². The van der Waals surface area contributed by atoms with Gasteiger partial charge in [0.25, 0.3) is 11.8 Å². The summed E-state index contributed by atoms with van der Waals surface area (Å²) in [7, 11) is -3.32. The largest absolute Gasteiger partial charge is 0.490 e. The molecule has 0 bridgehead atoms. The van der Waals surface area contributed by atoms with Gasteiger partial charge in [0.05, 0.1) is 23.5 Å². The van der Waals surface area contributed by atoms with E-state index in [0.29, 0.717) is 23.5 Å². The first-order valence-corrected chi connectivity index (χ1v) is 13.9. The Labute approximate surface area is 211 Å². The molecule has 10 heteroatoms. The predicted octanol–water partition coefficient (Wildman–Crippen LogP) is 2.75. The Kier molecular flexibility index (Phi) is 9.46. The summed E-state index contributed by atoms with van der Waals surface area (Å²) in [4.78, 5) is 36.6. The van der Waals surface area contributed by atoms with Crippen LogP contribution >= 0.6 is 0 Å². The van der Waals surface area contributed by atoms with Crippen molar-refractivity contribution >= 4 is 27.6 Å². The van der Waals surface area contributed by atoms with Crippen LogP contribution in [0.2, 0.25) is 0 Å². The molecule has 1 aliphatic carbocycles. The van der Waals surface area contributed by atoms with E-state index in [1.165, 1.54) is 24.3 Å². The van der Waals surface area contributed by atoms with Crippen molar-refractivity contribution in [2.24, 2.45) is 5.92 Å². The van der Waals surface area contributed by atoms with E-state index >= 15 is 0 Å². The second-order valence-electron chi connectivity index (χ2n) is 8.68. The van der Waals surface area contributed by atoms with Crippen LogP contribution in [0, 0.1) is 5.92 Å². The molecule has 0 heterocycles. The molecule has 2 aromatic rings. The van der Waals surface area contributed by atoms with E-state index in [9.17, 15) is 22.8 Å². The van der Waals surface area contributed by atoms with Crippen molar-refractivity contribution in [1.29, 1.82) is 0 Å². The molecule has 194 valence electrons. The van der Waals surface area contributed by atoms with Crippen LogP contribution in [-0.2, 0) is 19.4 Å². The molecule has 2 amide bonds. The number of rotatable bonds is 10. The van der Waals surface area contributed by atoms with Gasteiger partial charge in [-0.15, -0.1) is 0 Å². The molecule has 0 aliphatic heterocycles. The molecule has 0 atom stereocenters. The first kappa shape index (κ1) is 27.2. The van der Waals surface area contributed by atoms with E-state index < -0.39 is 9.84 Å².